The predicted octanol–water partition coefficient (Wildman–Crippen LogP) is 2.06. The smallest absolute Gasteiger partial charge is 0.0233 e. The van der Waals surface area contributed by atoms with Crippen LogP contribution in [0.4, 0.5) is 0 Å². The second kappa shape index (κ2) is 7.04. The minimum Gasteiger partial charge on any atom is -0.326 e. The summed E-state index contributed by atoms with van der Waals surface area (Å²) in [5.41, 5.74) is 8.31. The molecule has 1 fully saturated rings. The number of nitrogens with two attached hydrogens (primary N) is 1. The third-order valence-corrected chi connectivity index (χ3v) is 4.29. The van der Waals surface area contributed by atoms with Crippen molar-refractivity contribution >= 4 is 0 Å². The summed E-state index contributed by atoms with van der Waals surface area (Å²) in [6.07, 6.45) is 2.59. The van der Waals surface area contributed by atoms with Gasteiger partial charge in [0.15, 0.2) is 0 Å². The number of rotatable bonds is 5. The molecule has 0 atom stereocenters. The first-order chi connectivity index (χ1) is 9.22. The van der Waals surface area contributed by atoms with E-state index in [0.29, 0.717) is 6.54 Å². The highest BCUT2D eigenvalue weighted by molar-refractivity contribution is 5.23. The Bertz CT molecular complexity index is 383. The quantitative estimate of drug-likeness (QED) is 0.880. The van der Waals surface area contributed by atoms with Crippen molar-refractivity contribution in [2.24, 2.45) is 5.73 Å². The SMILES string of the molecule is CCN1CCC(N(C)Cc2cccc(CN)c2)CC1. The molecular formula is C16H27N3. The maximum Gasteiger partial charge on any atom is 0.0233 e. The molecule has 3 heteroatoms. The summed E-state index contributed by atoms with van der Waals surface area (Å²) in [6, 6.07) is 9.38. The van der Waals surface area contributed by atoms with Gasteiger partial charge in [-0.05, 0) is 50.7 Å². The van der Waals surface area contributed by atoms with Crippen LogP contribution in [0.25, 0.3) is 0 Å². The Hall–Kier alpha value is -0.900. The molecule has 0 aliphatic carbocycles. The van der Waals surface area contributed by atoms with E-state index >= 15 is 0 Å². The summed E-state index contributed by atoms with van der Waals surface area (Å²) in [7, 11) is 2.25. The van der Waals surface area contributed by atoms with Gasteiger partial charge >= 0.3 is 0 Å². The molecule has 0 saturated carbocycles. The molecule has 0 unspecified atom stereocenters. The first-order valence-corrected chi connectivity index (χ1v) is 7.43. The van der Waals surface area contributed by atoms with E-state index in [4.69, 9.17) is 5.73 Å². The summed E-state index contributed by atoms with van der Waals surface area (Å²) in [5, 5.41) is 0. The molecule has 1 saturated heterocycles. The molecule has 0 bridgehead atoms. The van der Waals surface area contributed by atoms with Crippen molar-refractivity contribution in [3.63, 3.8) is 0 Å². The minimum absolute atomic E-state index is 0.631. The van der Waals surface area contributed by atoms with Crippen molar-refractivity contribution in [2.45, 2.75) is 38.9 Å². The van der Waals surface area contributed by atoms with Gasteiger partial charge in [-0.1, -0.05) is 31.2 Å². The van der Waals surface area contributed by atoms with E-state index in [0.717, 1.165) is 12.6 Å². The van der Waals surface area contributed by atoms with Gasteiger partial charge in [-0.2, -0.15) is 0 Å². The molecule has 106 valence electrons. The molecule has 2 N–H and O–H groups in total. The Morgan fingerprint density at radius 2 is 1.95 bits per heavy atom. The normalized spacial score (nSPS) is 18.1. The molecule has 1 aromatic carbocycles. The van der Waals surface area contributed by atoms with Gasteiger partial charge in [-0.25, -0.2) is 0 Å². The molecule has 1 aromatic rings. The van der Waals surface area contributed by atoms with Crippen molar-refractivity contribution in [2.75, 3.05) is 26.7 Å². The van der Waals surface area contributed by atoms with Crippen LogP contribution in [0, 0.1) is 0 Å². The van der Waals surface area contributed by atoms with Crippen molar-refractivity contribution in [1.29, 1.82) is 0 Å². The standard InChI is InChI=1S/C16H27N3/c1-3-19-9-7-16(8-10-19)18(2)13-15-6-4-5-14(11-15)12-17/h4-6,11,16H,3,7-10,12-13,17H2,1-2H3. The largest absolute Gasteiger partial charge is 0.326 e. The molecule has 19 heavy (non-hydrogen) atoms. The molecule has 1 aliphatic rings. The van der Waals surface area contributed by atoms with Crippen molar-refractivity contribution < 1.29 is 0 Å². The number of piperidine rings is 1. The Morgan fingerprint density at radius 3 is 2.58 bits per heavy atom. The maximum atomic E-state index is 5.70. The van der Waals surface area contributed by atoms with Gasteiger partial charge in [-0.15, -0.1) is 0 Å². The van der Waals surface area contributed by atoms with Gasteiger partial charge in [0, 0.05) is 19.1 Å². The average molecular weight is 261 g/mol. The van der Waals surface area contributed by atoms with Crippen LogP contribution < -0.4 is 5.73 Å². The fraction of sp³-hybridized carbons (Fsp3) is 0.625. The lowest BCUT2D eigenvalue weighted by Crippen LogP contribution is -2.42. The number of hydrogen-bond donors (Lipinski definition) is 1. The van der Waals surface area contributed by atoms with Crippen molar-refractivity contribution in [3.8, 4) is 0 Å². The molecule has 1 heterocycles. The van der Waals surface area contributed by atoms with Crippen LogP contribution in [-0.4, -0.2) is 42.5 Å². The topological polar surface area (TPSA) is 32.5 Å². The molecule has 3 nitrogen and oxygen atoms in total. The molecular weight excluding hydrogens is 234 g/mol. The average Bonchev–Trinajstić information content (AvgIpc) is 2.47. The second-order valence-electron chi connectivity index (χ2n) is 5.60. The summed E-state index contributed by atoms with van der Waals surface area (Å²) in [5.74, 6) is 0. The van der Waals surface area contributed by atoms with Crippen LogP contribution in [0.2, 0.25) is 0 Å². The van der Waals surface area contributed by atoms with Crippen LogP contribution in [0.15, 0.2) is 24.3 Å². The van der Waals surface area contributed by atoms with Gasteiger partial charge in [-0.3, -0.25) is 4.90 Å². The fourth-order valence-corrected chi connectivity index (χ4v) is 2.95. The summed E-state index contributed by atoms with van der Waals surface area (Å²) in [6.45, 7) is 7.59. The highest BCUT2D eigenvalue weighted by Gasteiger charge is 2.21. The highest BCUT2D eigenvalue weighted by Crippen LogP contribution is 2.17. The Balaban J connectivity index is 1.88. The van der Waals surface area contributed by atoms with E-state index in [1.54, 1.807) is 0 Å². The van der Waals surface area contributed by atoms with Gasteiger partial charge in [0.05, 0.1) is 0 Å². The Morgan fingerprint density at radius 1 is 1.26 bits per heavy atom. The predicted molar refractivity (Wildman–Crippen MR) is 80.9 cm³/mol. The van der Waals surface area contributed by atoms with Crippen LogP contribution in [-0.2, 0) is 13.1 Å². The first kappa shape index (κ1) is 14.5. The zero-order valence-corrected chi connectivity index (χ0v) is 12.3. The molecule has 2 rings (SSSR count). The van der Waals surface area contributed by atoms with Gasteiger partial charge < -0.3 is 10.6 Å². The van der Waals surface area contributed by atoms with Crippen LogP contribution in [0.5, 0.6) is 0 Å². The Kier molecular flexibility index (Phi) is 5.37. The summed E-state index contributed by atoms with van der Waals surface area (Å²) in [4.78, 5) is 5.04. The van der Waals surface area contributed by atoms with Crippen LogP contribution in [0.3, 0.4) is 0 Å². The third kappa shape index (κ3) is 4.03. The zero-order valence-electron chi connectivity index (χ0n) is 12.3. The molecule has 0 aromatic heterocycles. The number of likely N-dealkylation sites (tertiary alicyclic amines) is 1. The first-order valence-electron chi connectivity index (χ1n) is 7.43. The lowest BCUT2D eigenvalue weighted by molar-refractivity contribution is 0.127. The fourth-order valence-electron chi connectivity index (χ4n) is 2.95. The number of benzene rings is 1. The molecule has 0 amide bonds. The second-order valence-corrected chi connectivity index (χ2v) is 5.60. The number of hydrogen-bond acceptors (Lipinski definition) is 3. The lowest BCUT2D eigenvalue weighted by atomic mass is 10.0. The lowest BCUT2D eigenvalue weighted by Gasteiger charge is -2.36. The van der Waals surface area contributed by atoms with E-state index < -0.39 is 0 Å². The van der Waals surface area contributed by atoms with E-state index in [2.05, 4.69) is 48.0 Å². The number of nitrogens with zero attached hydrogens (tertiary/aromatic N) is 2. The van der Waals surface area contributed by atoms with E-state index in [-0.39, 0.29) is 0 Å². The van der Waals surface area contributed by atoms with E-state index in [9.17, 15) is 0 Å². The Labute approximate surface area is 117 Å². The zero-order chi connectivity index (χ0) is 13.7. The minimum atomic E-state index is 0.631. The van der Waals surface area contributed by atoms with Crippen LogP contribution in [0.1, 0.15) is 30.9 Å². The summed E-state index contributed by atoms with van der Waals surface area (Å²) >= 11 is 0. The molecule has 1 aliphatic heterocycles. The molecule has 0 spiro atoms. The third-order valence-electron chi connectivity index (χ3n) is 4.29. The van der Waals surface area contributed by atoms with Crippen molar-refractivity contribution in [1.82, 2.24) is 9.80 Å². The van der Waals surface area contributed by atoms with Gasteiger partial charge in [0.25, 0.3) is 0 Å². The molecule has 0 radical (unpaired) electrons. The summed E-state index contributed by atoms with van der Waals surface area (Å²) < 4.78 is 0. The van der Waals surface area contributed by atoms with Gasteiger partial charge in [0.1, 0.15) is 0 Å². The van der Waals surface area contributed by atoms with E-state index in [1.807, 2.05) is 0 Å². The van der Waals surface area contributed by atoms with Crippen molar-refractivity contribution in [3.05, 3.63) is 35.4 Å². The van der Waals surface area contributed by atoms with Gasteiger partial charge in [0.2, 0.25) is 0 Å². The van der Waals surface area contributed by atoms with Crippen LogP contribution >= 0.6 is 0 Å². The highest BCUT2D eigenvalue weighted by atomic mass is 15.2. The monoisotopic (exact) mass is 261 g/mol. The van der Waals surface area contributed by atoms with E-state index in [1.165, 1.54) is 43.6 Å². The maximum absolute atomic E-state index is 5.70.